The lowest BCUT2D eigenvalue weighted by Crippen LogP contribution is -2.37. The van der Waals surface area contributed by atoms with Crippen LogP contribution in [0.4, 0.5) is 5.69 Å². The molecule has 0 saturated heterocycles. The van der Waals surface area contributed by atoms with Crippen molar-refractivity contribution < 1.29 is 28.6 Å². The van der Waals surface area contributed by atoms with Crippen molar-refractivity contribution in [2.24, 2.45) is 10.8 Å². The maximum atomic E-state index is 13.6. The van der Waals surface area contributed by atoms with Crippen LogP contribution in [-0.2, 0) is 19.1 Å². The molecule has 0 aromatic heterocycles. The van der Waals surface area contributed by atoms with Crippen molar-refractivity contribution in [1.29, 1.82) is 0 Å². The van der Waals surface area contributed by atoms with Crippen LogP contribution in [0.1, 0.15) is 77.3 Å². The molecule has 2 aromatic carbocycles. The van der Waals surface area contributed by atoms with Gasteiger partial charge in [0.05, 0.1) is 6.61 Å². The number of ketones is 2. The molecule has 7 nitrogen and oxygen atoms in total. The van der Waals surface area contributed by atoms with E-state index in [9.17, 15) is 14.4 Å². The van der Waals surface area contributed by atoms with Crippen molar-refractivity contribution in [2.45, 2.75) is 73.1 Å². The molecule has 0 unspecified atom stereocenters. The zero-order valence-corrected chi connectivity index (χ0v) is 25.9. The fourth-order valence-electron chi connectivity index (χ4n) is 6.11. The maximum Gasteiger partial charge on any atom is 0.262 e. The third-order valence-corrected chi connectivity index (χ3v) is 8.40. The number of hydrogen-bond acceptors (Lipinski definition) is 6. The summed E-state index contributed by atoms with van der Waals surface area (Å²) in [6.45, 7) is 12.1. The first-order chi connectivity index (χ1) is 19.8. The Balaban J connectivity index is 1.47. The quantitative estimate of drug-likeness (QED) is 0.359. The zero-order valence-electron chi connectivity index (χ0n) is 25.1. The van der Waals surface area contributed by atoms with Crippen molar-refractivity contribution in [3.8, 4) is 11.5 Å². The van der Waals surface area contributed by atoms with Gasteiger partial charge in [-0.05, 0) is 60.1 Å². The van der Waals surface area contributed by atoms with Gasteiger partial charge in [0.15, 0.2) is 29.7 Å². The normalized spacial score (nSPS) is 19.6. The highest BCUT2D eigenvalue weighted by molar-refractivity contribution is 6.31. The van der Waals surface area contributed by atoms with Crippen molar-refractivity contribution >= 4 is 34.8 Å². The number of Topliss-reactive ketones (excluding diaryl/α,β-unsaturated/α-hetero) is 2. The van der Waals surface area contributed by atoms with Gasteiger partial charge in [-0.15, -0.1) is 0 Å². The largest absolute Gasteiger partial charge is 0.490 e. The Hall–Kier alpha value is -3.58. The third-order valence-electron chi connectivity index (χ3n) is 8.00. The minimum atomic E-state index is -0.543. The number of anilines is 1. The summed E-state index contributed by atoms with van der Waals surface area (Å²) in [5, 5.41) is 3.35. The van der Waals surface area contributed by atoms with E-state index < -0.39 is 5.92 Å². The molecule has 0 fully saturated rings. The average molecular weight is 592 g/mol. The van der Waals surface area contributed by atoms with Crippen LogP contribution in [0.25, 0.3) is 0 Å². The van der Waals surface area contributed by atoms with E-state index in [1.165, 1.54) is 0 Å². The lowest BCUT2D eigenvalue weighted by Gasteiger charge is -2.42. The SMILES string of the molecule is CCOc1cc(C2C3=C(CC(C)(C)CC3=O)OC3=C2C(=O)CC(C)(C)C3)ccc1OCC(=O)Nc1ccc(C)c(Cl)c1. The summed E-state index contributed by atoms with van der Waals surface area (Å²) in [7, 11) is 0. The number of ether oxygens (including phenoxy) is 3. The van der Waals surface area contributed by atoms with Crippen molar-refractivity contribution in [1.82, 2.24) is 0 Å². The number of amides is 1. The monoisotopic (exact) mass is 591 g/mol. The van der Waals surface area contributed by atoms with Crippen molar-refractivity contribution in [3.63, 3.8) is 0 Å². The minimum absolute atomic E-state index is 0.00148. The molecule has 5 rings (SSSR count). The summed E-state index contributed by atoms with van der Waals surface area (Å²) >= 11 is 6.18. The van der Waals surface area contributed by atoms with Gasteiger partial charge in [-0.25, -0.2) is 0 Å². The molecule has 0 radical (unpaired) electrons. The third kappa shape index (κ3) is 6.12. The molecule has 0 atom stereocenters. The molecule has 0 bridgehead atoms. The van der Waals surface area contributed by atoms with Crippen molar-refractivity contribution in [2.75, 3.05) is 18.5 Å². The van der Waals surface area contributed by atoms with Crippen LogP contribution >= 0.6 is 11.6 Å². The van der Waals surface area contributed by atoms with E-state index in [2.05, 4.69) is 33.0 Å². The second kappa shape index (κ2) is 11.3. The Morgan fingerprint density at radius 3 is 2.10 bits per heavy atom. The summed E-state index contributed by atoms with van der Waals surface area (Å²) in [5.74, 6) is 1.26. The van der Waals surface area contributed by atoms with Crippen molar-refractivity contribution in [3.05, 3.63) is 75.2 Å². The summed E-state index contributed by atoms with van der Waals surface area (Å²) in [6, 6.07) is 10.7. The van der Waals surface area contributed by atoms with Crippen LogP contribution in [0.5, 0.6) is 11.5 Å². The molecule has 1 amide bonds. The summed E-state index contributed by atoms with van der Waals surface area (Å²) in [4.78, 5) is 39.8. The highest BCUT2D eigenvalue weighted by Gasteiger charge is 2.48. The second-order valence-corrected chi connectivity index (χ2v) is 13.4. The van der Waals surface area contributed by atoms with Gasteiger partial charge in [-0.3, -0.25) is 14.4 Å². The summed E-state index contributed by atoms with van der Waals surface area (Å²) < 4.78 is 18.2. The van der Waals surface area contributed by atoms with Crippen LogP contribution < -0.4 is 14.8 Å². The van der Waals surface area contributed by atoms with Crippen LogP contribution in [0, 0.1) is 17.8 Å². The molecule has 0 spiro atoms. The van der Waals surface area contributed by atoms with E-state index in [1.54, 1.807) is 18.2 Å². The number of carbonyl (C=O) groups excluding carboxylic acids is 3. The van der Waals surface area contributed by atoms with Crippen LogP contribution in [-0.4, -0.2) is 30.7 Å². The molecule has 2 aliphatic carbocycles. The Kier molecular flexibility index (Phi) is 8.01. The van der Waals surface area contributed by atoms with Crippen LogP contribution in [0.2, 0.25) is 5.02 Å². The highest BCUT2D eigenvalue weighted by Crippen LogP contribution is 2.53. The average Bonchev–Trinajstić information content (AvgIpc) is 2.87. The zero-order chi connectivity index (χ0) is 30.4. The first-order valence-corrected chi connectivity index (χ1v) is 14.8. The van der Waals surface area contributed by atoms with Gasteiger partial charge in [0.25, 0.3) is 5.91 Å². The number of nitrogens with one attached hydrogen (secondary N) is 1. The van der Waals surface area contributed by atoms with E-state index in [4.69, 9.17) is 25.8 Å². The summed E-state index contributed by atoms with van der Waals surface area (Å²) in [5.41, 5.74) is 2.92. The fourth-order valence-corrected chi connectivity index (χ4v) is 6.29. The molecule has 2 aromatic rings. The maximum absolute atomic E-state index is 13.6. The lowest BCUT2D eigenvalue weighted by molar-refractivity contribution is -0.120. The molecule has 222 valence electrons. The van der Waals surface area contributed by atoms with Gasteiger partial charge < -0.3 is 19.5 Å². The van der Waals surface area contributed by atoms with Gasteiger partial charge in [-0.1, -0.05) is 51.4 Å². The molecule has 0 saturated carbocycles. The molecule has 1 N–H and O–H groups in total. The first-order valence-electron chi connectivity index (χ1n) is 14.4. The number of hydrogen-bond donors (Lipinski definition) is 1. The highest BCUT2D eigenvalue weighted by atomic mass is 35.5. The number of benzene rings is 2. The van der Waals surface area contributed by atoms with Gasteiger partial charge >= 0.3 is 0 Å². The molecule has 1 heterocycles. The smallest absolute Gasteiger partial charge is 0.262 e. The Morgan fingerprint density at radius 1 is 0.905 bits per heavy atom. The number of allylic oxidation sites excluding steroid dienone is 4. The Morgan fingerprint density at radius 2 is 1.52 bits per heavy atom. The summed E-state index contributed by atoms with van der Waals surface area (Å²) in [6.07, 6.45) is 2.01. The van der Waals surface area contributed by atoms with E-state index in [0.29, 0.717) is 77.2 Å². The van der Waals surface area contributed by atoms with Crippen LogP contribution in [0.15, 0.2) is 59.1 Å². The molecule has 42 heavy (non-hydrogen) atoms. The Labute approximate surface area is 252 Å². The molecule has 1 aliphatic heterocycles. The Bertz CT molecular complexity index is 1480. The van der Waals surface area contributed by atoms with E-state index in [0.717, 1.165) is 11.1 Å². The fraction of sp³-hybridized carbons (Fsp3) is 0.441. The van der Waals surface area contributed by atoms with Gasteiger partial charge in [0.2, 0.25) is 0 Å². The van der Waals surface area contributed by atoms with Gasteiger partial charge in [0, 0.05) is 53.5 Å². The number of halogens is 1. The molecular formula is C34H38ClNO6. The van der Waals surface area contributed by atoms with Gasteiger partial charge in [0.1, 0.15) is 11.5 Å². The predicted octanol–water partition coefficient (Wildman–Crippen LogP) is 7.46. The standard InChI is InChI=1S/C34H38ClNO6/c1-7-40-26-12-20(9-11-25(26)41-18-29(39)36-21-10-8-19(2)22(35)13-21)30-31-23(37)14-33(3,4)16-27(31)42-28-17-34(5,6)15-24(38)32(28)30/h8-13,30H,7,14-18H2,1-6H3,(H,36,39). The van der Waals surface area contributed by atoms with E-state index in [1.807, 2.05) is 32.0 Å². The second-order valence-electron chi connectivity index (χ2n) is 13.0. The topological polar surface area (TPSA) is 90.9 Å². The van der Waals surface area contributed by atoms with E-state index >= 15 is 0 Å². The number of carbonyl (C=O) groups is 3. The first kappa shape index (κ1) is 29.9. The molecule has 3 aliphatic rings. The molecule has 8 heteroatoms. The van der Waals surface area contributed by atoms with Gasteiger partial charge in [-0.2, -0.15) is 0 Å². The minimum Gasteiger partial charge on any atom is -0.490 e. The molecular weight excluding hydrogens is 554 g/mol. The lowest BCUT2D eigenvalue weighted by atomic mass is 9.65. The number of rotatable bonds is 7. The number of aryl methyl sites for hydroxylation is 1. The van der Waals surface area contributed by atoms with Crippen LogP contribution in [0.3, 0.4) is 0 Å². The van der Waals surface area contributed by atoms with E-state index in [-0.39, 0.29) is 34.9 Å². The predicted molar refractivity (Wildman–Crippen MR) is 162 cm³/mol.